The fraction of sp³-hybridized carbons (Fsp3) is 0.200. The molecule has 1 aliphatic carbocycles. The third-order valence-electron chi connectivity index (χ3n) is 3.64. The van der Waals surface area contributed by atoms with Crippen molar-refractivity contribution in [3.8, 4) is 0 Å². The fourth-order valence-electron chi connectivity index (χ4n) is 2.59. The highest BCUT2D eigenvalue weighted by Crippen LogP contribution is 2.29. The average molecular weight is 271 g/mol. The van der Waals surface area contributed by atoms with E-state index in [2.05, 4.69) is 0 Å². The third kappa shape index (κ3) is 1.53. The van der Waals surface area contributed by atoms with Gasteiger partial charge >= 0.3 is 0 Å². The molecule has 0 bridgehead atoms. The van der Waals surface area contributed by atoms with Crippen LogP contribution in [0.3, 0.4) is 0 Å². The minimum atomic E-state index is -1.48. The summed E-state index contributed by atoms with van der Waals surface area (Å²) in [4.78, 5) is 24.4. The number of aryl methyl sites for hydroxylation is 1. The molecular weight excluding hydrogens is 258 g/mol. The molecule has 0 spiro atoms. The standard InChI is InChI=1S/C15H13NO4/c1-16-9-6-4-3-5-8(9)13(17)12-10(16)7-11(20-2)14(18)15(12)19/h3-7,15,19H,1-2H3. The van der Waals surface area contributed by atoms with Gasteiger partial charge < -0.3 is 14.4 Å². The van der Waals surface area contributed by atoms with Gasteiger partial charge in [0.2, 0.25) is 5.78 Å². The van der Waals surface area contributed by atoms with E-state index >= 15 is 0 Å². The number of hydrogen-bond donors (Lipinski definition) is 1. The summed E-state index contributed by atoms with van der Waals surface area (Å²) >= 11 is 0. The molecule has 1 N–H and O–H groups in total. The largest absolute Gasteiger partial charge is 0.493 e. The van der Waals surface area contributed by atoms with E-state index in [0.717, 1.165) is 5.52 Å². The summed E-state index contributed by atoms with van der Waals surface area (Å²) in [5, 5.41) is 10.6. The number of pyridine rings is 1. The summed E-state index contributed by atoms with van der Waals surface area (Å²) in [6.07, 6.45) is 0.0198. The lowest BCUT2D eigenvalue weighted by Crippen LogP contribution is -2.29. The lowest BCUT2D eigenvalue weighted by Gasteiger charge is -2.22. The molecule has 102 valence electrons. The van der Waals surface area contributed by atoms with Crippen molar-refractivity contribution in [1.29, 1.82) is 0 Å². The molecule has 1 atom stereocenters. The molecule has 5 heteroatoms. The van der Waals surface area contributed by atoms with E-state index in [1.165, 1.54) is 13.2 Å². The molecule has 0 saturated carbocycles. The molecule has 0 amide bonds. The lowest BCUT2D eigenvalue weighted by molar-refractivity contribution is -0.126. The number of aromatic nitrogens is 1. The number of Topliss-reactive ketones (excluding diaryl/α,β-unsaturated/α-hetero) is 1. The zero-order valence-electron chi connectivity index (χ0n) is 11.1. The van der Waals surface area contributed by atoms with Gasteiger partial charge in [0, 0.05) is 18.5 Å². The van der Waals surface area contributed by atoms with Crippen LogP contribution in [0.5, 0.6) is 0 Å². The van der Waals surface area contributed by atoms with E-state index < -0.39 is 11.9 Å². The van der Waals surface area contributed by atoms with Crippen molar-refractivity contribution in [3.63, 3.8) is 0 Å². The first kappa shape index (κ1) is 12.6. The van der Waals surface area contributed by atoms with Crippen LogP contribution >= 0.6 is 0 Å². The Bertz CT molecular complexity index is 816. The van der Waals surface area contributed by atoms with E-state index in [0.29, 0.717) is 11.1 Å². The number of aliphatic hydroxyl groups excluding tert-OH is 1. The van der Waals surface area contributed by atoms with Gasteiger partial charge in [0.05, 0.1) is 23.9 Å². The van der Waals surface area contributed by atoms with Crippen molar-refractivity contribution >= 4 is 22.8 Å². The van der Waals surface area contributed by atoms with Crippen LogP contribution in [0.25, 0.3) is 17.0 Å². The summed E-state index contributed by atoms with van der Waals surface area (Å²) in [5.41, 5.74) is 1.03. The van der Waals surface area contributed by atoms with Crippen LogP contribution in [-0.4, -0.2) is 22.6 Å². The lowest BCUT2D eigenvalue weighted by atomic mass is 9.94. The molecule has 1 unspecified atom stereocenters. The average Bonchev–Trinajstić information content (AvgIpc) is 2.47. The van der Waals surface area contributed by atoms with Gasteiger partial charge in [-0.3, -0.25) is 9.59 Å². The number of aliphatic hydroxyl groups is 1. The SMILES string of the molecule is COC1=Cc2c(c(=O)c3ccccc3n2C)C(O)C1=O. The van der Waals surface area contributed by atoms with Crippen LogP contribution in [-0.2, 0) is 16.6 Å². The summed E-state index contributed by atoms with van der Waals surface area (Å²) in [5.74, 6) is -0.539. The number of methoxy groups -OCH3 is 1. The van der Waals surface area contributed by atoms with Crippen LogP contribution < -0.4 is 5.43 Å². The van der Waals surface area contributed by atoms with E-state index in [1.807, 2.05) is 12.1 Å². The van der Waals surface area contributed by atoms with Crippen LogP contribution in [0.1, 0.15) is 17.4 Å². The van der Waals surface area contributed by atoms with Gasteiger partial charge in [-0.1, -0.05) is 12.1 Å². The number of carbonyl (C=O) groups is 1. The predicted molar refractivity (Wildman–Crippen MR) is 74.1 cm³/mol. The highest BCUT2D eigenvalue weighted by Gasteiger charge is 2.33. The van der Waals surface area contributed by atoms with Gasteiger partial charge in [0.15, 0.2) is 17.3 Å². The van der Waals surface area contributed by atoms with Gasteiger partial charge in [-0.15, -0.1) is 0 Å². The summed E-state index contributed by atoms with van der Waals surface area (Å²) in [6, 6.07) is 7.09. The minimum absolute atomic E-state index is 0.0512. The Labute approximate surface area is 114 Å². The molecule has 0 aliphatic heterocycles. The first-order chi connectivity index (χ1) is 9.56. The molecule has 20 heavy (non-hydrogen) atoms. The van der Waals surface area contributed by atoms with E-state index in [4.69, 9.17) is 4.74 Å². The number of rotatable bonds is 1. The molecule has 1 aromatic carbocycles. The second kappa shape index (κ2) is 4.31. The summed E-state index contributed by atoms with van der Waals surface area (Å²) in [6.45, 7) is 0. The number of nitrogens with zero attached hydrogens (tertiary/aromatic N) is 1. The topological polar surface area (TPSA) is 68.5 Å². The van der Waals surface area contributed by atoms with Crippen molar-refractivity contribution in [2.24, 2.45) is 7.05 Å². The van der Waals surface area contributed by atoms with Gasteiger partial charge in [0.25, 0.3) is 0 Å². The Hall–Kier alpha value is -2.40. The van der Waals surface area contributed by atoms with Crippen LogP contribution in [0, 0.1) is 0 Å². The van der Waals surface area contributed by atoms with Crippen LogP contribution in [0.4, 0.5) is 0 Å². The summed E-state index contributed by atoms with van der Waals surface area (Å²) < 4.78 is 6.75. The normalized spacial score (nSPS) is 17.9. The molecule has 1 aromatic heterocycles. The molecule has 5 nitrogen and oxygen atoms in total. The predicted octanol–water partition coefficient (Wildman–Crippen LogP) is 1.14. The number of carbonyl (C=O) groups excluding carboxylic acids is 1. The van der Waals surface area contributed by atoms with Crippen molar-refractivity contribution in [1.82, 2.24) is 4.57 Å². The molecule has 0 radical (unpaired) electrons. The fourth-order valence-corrected chi connectivity index (χ4v) is 2.59. The molecule has 0 fully saturated rings. The number of fused-ring (bicyclic) bond motifs is 2. The second-order valence-electron chi connectivity index (χ2n) is 4.68. The number of benzene rings is 1. The Kier molecular flexibility index (Phi) is 2.72. The van der Waals surface area contributed by atoms with E-state index in [-0.39, 0.29) is 16.8 Å². The first-order valence-corrected chi connectivity index (χ1v) is 6.16. The smallest absolute Gasteiger partial charge is 0.230 e. The molecule has 1 heterocycles. The molecule has 1 aliphatic rings. The Balaban J connectivity index is 2.49. The summed E-state index contributed by atoms with van der Waals surface area (Å²) in [7, 11) is 3.15. The maximum atomic E-state index is 12.5. The molecule has 0 saturated heterocycles. The highest BCUT2D eigenvalue weighted by molar-refractivity contribution is 6.04. The number of hydrogen-bond acceptors (Lipinski definition) is 4. The van der Waals surface area contributed by atoms with Crippen molar-refractivity contribution in [3.05, 3.63) is 51.5 Å². The minimum Gasteiger partial charge on any atom is -0.493 e. The first-order valence-electron chi connectivity index (χ1n) is 6.16. The highest BCUT2D eigenvalue weighted by atomic mass is 16.5. The number of ketones is 1. The number of para-hydroxylation sites is 1. The van der Waals surface area contributed by atoms with Crippen molar-refractivity contribution < 1.29 is 14.6 Å². The maximum Gasteiger partial charge on any atom is 0.230 e. The molecule has 2 aromatic rings. The molecular formula is C15H13NO4. The zero-order chi connectivity index (χ0) is 14.4. The third-order valence-corrected chi connectivity index (χ3v) is 3.64. The molecule has 3 rings (SSSR count). The van der Waals surface area contributed by atoms with Gasteiger partial charge in [-0.2, -0.15) is 0 Å². The Morgan fingerprint density at radius 2 is 1.95 bits per heavy atom. The Morgan fingerprint density at radius 3 is 2.65 bits per heavy atom. The monoisotopic (exact) mass is 271 g/mol. The maximum absolute atomic E-state index is 12.5. The van der Waals surface area contributed by atoms with E-state index in [9.17, 15) is 14.7 Å². The number of ether oxygens (including phenoxy) is 1. The quantitative estimate of drug-likeness (QED) is 0.844. The Morgan fingerprint density at radius 1 is 1.25 bits per heavy atom. The van der Waals surface area contributed by atoms with Crippen molar-refractivity contribution in [2.45, 2.75) is 6.10 Å². The van der Waals surface area contributed by atoms with Gasteiger partial charge in [-0.25, -0.2) is 0 Å². The van der Waals surface area contributed by atoms with Crippen LogP contribution in [0.15, 0.2) is 34.8 Å². The van der Waals surface area contributed by atoms with Gasteiger partial charge in [-0.05, 0) is 12.1 Å². The zero-order valence-corrected chi connectivity index (χ0v) is 11.1. The van der Waals surface area contributed by atoms with Crippen LogP contribution in [0.2, 0.25) is 0 Å². The second-order valence-corrected chi connectivity index (χ2v) is 4.68. The van der Waals surface area contributed by atoms with E-state index in [1.54, 1.807) is 23.7 Å². The van der Waals surface area contributed by atoms with Crippen molar-refractivity contribution in [2.75, 3.05) is 7.11 Å². The van der Waals surface area contributed by atoms with Gasteiger partial charge in [0.1, 0.15) is 0 Å².